The molecule has 0 aromatic heterocycles. The number of carbonyl (C=O) groups is 3. The summed E-state index contributed by atoms with van der Waals surface area (Å²) in [7, 11) is 0. The molecule has 22 nitrogen and oxygen atoms in total. The molecule has 0 spiro atoms. The first kappa shape index (κ1) is 60.6. The lowest BCUT2D eigenvalue weighted by Gasteiger charge is -2.50. The van der Waals surface area contributed by atoms with Crippen LogP contribution < -0.4 is 0 Å². The monoisotopic (exact) mass is 1040 g/mol. The Bertz CT molecular complexity index is 1640. The van der Waals surface area contributed by atoms with Gasteiger partial charge in [0.25, 0.3) is 0 Å². The number of hydrogen-bond donors (Lipinski definition) is 8. The van der Waals surface area contributed by atoms with Gasteiger partial charge in [-0.2, -0.15) is 0 Å². The molecule has 22 heteroatoms. The summed E-state index contributed by atoms with van der Waals surface area (Å²) < 4.78 is 68.2. The van der Waals surface area contributed by atoms with Gasteiger partial charge in [0, 0.05) is 6.42 Å². The molecule has 0 aliphatic carbocycles. The summed E-state index contributed by atoms with van der Waals surface area (Å²) in [5.74, 6) is -4.07. The minimum Gasteiger partial charge on any atom is -0.463 e. The highest BCUT2D eigenvalue weighted by atomic mass is 16.8. The number of unbranched alkanes of at least 4 members (excludes halogenated alkanes) is 2. The summed E-state index contributed by atoms with van der Waals surface area (Å²) >= 11 is 0. The van der Waals surface area contributed by atoms with Gasteiger partial charge >= 0.3 is 17.9 Å². The fourth-order valence-corrected chi connectivity index (χ4v) is 9.41. The quantitative estimate of drug-likeness (QED) is 0.0737. The molecule has 0 unspecified atom stereocenters. The second-order valence-corrected chi connectivity index (χ2v) is 20.5. The Hall–Kier alpha value is -2.23. The minimum atomic E-state index is -1.99. The van der Waals surface area contributed by atoms with Crippen molar-refractivity contribution in [2.24, 2.45) is 11.8 Å². The molecule has 5 rings (SSSR count). The molecule has 0 amide bonds. The molecule has 72 heavy (non-hydrogen) atoms. The molecule has 5 aliphatic heterocycles. The van der Waals surface area contributed by atoms with Gasteiger partial charge in [-0.3, -0.25) is 14.4 Å². The Morgan fingerprint density at radius 2 is 1.19 bits per heavy atom. The van der Waals surface area contributed by atoms with Crippen LogP contribution in [0, 0.1) is 11.8 Å². The van der Waals surface area contributed by atoms with Crippen molar-refractivity contribution in [3.63, 3.8) is 0 Å². The van der Waals surface area contributed by atoms with E-state index in [-0.39, 0.29) is 12.5 Å². The number of hydrogen-bond acceptors (Lipinski definition) is 22. The van der Waals surface area contributed by atoms with Crippen LogP contribution in [0.3, 0.4) is 0 Å². The summed E-state index contributed by atoms with van der Waals surface area (Å²) in [4.78, 5) is 40.7. The van der Waals surface area contributed by atoms with Crippen LogP contribution in [0.2, 0.25) is 0 Å². The van der Waals surface area contributed by atoms with Gasteiger partial charge in [-0.25, -0.2) is 0 Å². The third kappa shape index (κ3) is 15.9. The van der Waals surface area contributed by atoms with Crippen molar-refractivity contribution >= 4 is 17.9 Å². The van der Waals surface area contributed by atoms with Crippen LogP contribution in [0.4, 0.5) is 0 Å². The van der Waals surface area contributed by atoms with Crippen LogP contribution in [0.25, 0.3) is 0 Å². The van der Waals surface area contributed by atoms with Crippen LogP contribution >= 0.6 is 0 Å². The Labute approximate surface area is 423 Å². The summed E-state index contributed by atoms with van der Waals surface area (Å²) in [5, 5.41) is 89.5. The van der Waals surface area contributed by atoms with Gasteiger partial charge in [0.1, 0.15) is 73.8 Å². The Morgan fingerprint density at radius 1 is 0.611 bits per heavy atom. The zero-order chi connectivity index (χ0) is 53.0. The number of fused-ring (bicyclic) bond motifs is 4. The van der Waals surface area contributed by atoms with Gasteiger partial charge in [0.05, 0.1) is 42.4 Å². The maximum atomic E-state index is 13.9. The first-order chi connectivity index (χ1) is 34.2. The highest BCUT2D eigenvalue weighted by Crippen LogP contribution is 2.38. The zero-order valence-corrected chi connectivity index (χ0v) is 43.3. The van der Waals surface area contributed by atoms with E-state index < -0.39 is 165 Å². The number of esters is 3. The third-order valence-corrected chi connectivity index (χ3v) is 14.7. The molecular formula is C50H86O22. The predicted octanol–water partition coefficient (Wildman–Crippen LogP) is 1.55. The van der Waals surface area contributed by atoms with Gasteiger partial charge in [0.15, 0.2) is 37.4 Å². The fraction of sp³-hybridized carbons (Fsp3) is 0.940. The first-order valence-corrected chi connectivity index (χ1v) is 26.4. The zero-order valence-electron chi connectivity index (χ0n) is 43.3. The summed E-state index contributed by atoms with van der Waals surface area (Å²) in [6.45, 7) is 12.2. The van der Waals surface area contributed by atoms with E-state index >= 15 is 0 Å². The summed E-state index contributed by atoms with van der Waals surface area (Å²) in [6, 6.07) is 0. The lowest BCUT2D eigenvalue weighted by atomic mass is 9.95. The molecule has 24 atom stereocenters. The molecule has 5 fully saturated rings. The van der Waals surface area contributed by atoms with Crippen LogP contribution in [-0.4, -0.2) is 200 Å². The molecule has 8 N–H and O–H groups in total. The molecule has 5 aliphatic rings. The average Bonchev–Trinajstić information content (AvgIpc) is 3.34. The molecule has 418 valence electrons. The molecular weight excluding hydrogens is 953 g/mol. The summed E-state index contributed by atoms with van der Waals surface area (Å²) in [5.41, 5.74) is 0. The van der Waals surface area contributed by atoms with E-state index in [9.17, 15) is 55.2 Å². The Morgan fingerprint density at radius 3 is 1.85 bits per heavy atom. The maximum Gasteiger partial charge on any atom is 0.311 e. The van der Waals surface area contributed by atoms with Crippen molar-refractivity contribution in [2.45, 2.75) is 280 Å². The molecule has 0 radical (unpaired) electrons. The lowest BCUT2D eigenvalue weighted by molar-refractivity contribution is -0.399. The normalized spacial score (nSPS) is 42.4. The van der Waals surface area contributed by atoms with Crippen molar-refractivity contribution < 1.29 is 107 Å². The van der Waals surface area contributed by atoms with Gasteiger partial charge < -0.3 is 93.0 Å². The molecule has 2 bridgehead atoms. The van der Waals surface area contributed by atoms with Crippen molar-refractivity contribution in [1.82, 2.24) is 0 Å². The van der Waals surface area contributed by atoms with Gasteiger partial charge in [0.2, 0.25) is 0 Å². The van der Waals surface area contributed by atoms with E-state index in [1.165, 1.54) is 27.7 Å². The van der Waals surface area contributed by atoms with Gasteiger partial charge in [-0.1, -0.05) is 78.6 Å². The standard InChI is InChI=1S/C50H86O22/c1-9-11-17-20-30-21-18-15-13-12-14-16-19-22-32(52)68-43-40(70-47-39(59)36(56)33(53)27(6)63-47)29(8)65-50(44(43)69-46(61)25(4)26(5)51)72-42-38(58)35(55)31(23-62-45(60)24(3)10-2)67-49(42)71-41-37(57)34(54)28(7)64-48(41)66-30/h24-31,33-44,47-51,53-59H,9-23H2,1-8H3/t24-,25+,26+,27+,28+,29-,30-,31+,33+,34+,35+,36-,37-,38-,39+,40-,41+,42+,43+,44+,47-,48-,49-,50-/m0/s1. The van der Waals surface area contributed by atoms with Crippen LogP contribution in [0.5, 0.6) is 0 Å². The third-order valence-electron chi connectivity index (χ3n) is 14.7. The van der Waals surface area contributed by atoms with Crippen LogP contribution in [0.1, 0.15) is 145 Å². The van der Waals surface area contributed by atoms with Crippen LogP contribution in [0.15, 0.2) is 0 Å². The van der Waals surface area contributed by atoms with E-state index in [0.29, 0.717) is 32.1 Å². The number of aliphatic hydroxyl groups excluding tert-OH is 8. The van der Waals surface area contributed by atoms with Crippen molar-refractivity contribution in [1.29, 1.82) is 0 Å². The second-order valence-electron chi connectivity index (χ2n) is 20.5. The van der Waals surface area contributed by atoms with Gasteiger partial charge in [-0.05, 0) is 60.3 Å². The first-order valence-electron chi connectivity index (χ1n) is 26.4. The topological polar surface area (TPSA) is 315 Å². The minimum absolute atomic E-state index is 0.0757. The number of aliphatic hydroxyl groups is 8. The molecule has 0 aromatic rings. The largest absolute Gasteiger partial charge is 0.463 e. The van der Waals surface area contributed by atoms with E-state index in [4.69, 9.17) is 52.1 Å². The smallest absolute Gasteiger partial charge is 0.311 e. The Balaban J connectivity index is 1.60. The lowest BCUT2D eigenvalue weighted by Crippen LogP contribution is -2.68. The van der Waals surface area contributed by atoms with E-state index in [1.54, 1.807) is 20.8 Å². The summed E-state index contributed by atoms with van der Waals surface area (Å²) in [6.07, 6.45) is -23.5. The maximum absolute atomic E-state index is 13.9. The number of rotatable bonds is 13. The SMILES string of the molecule is CCCCC[C@H]1CCCCCCCCCC(=O)O[C@@H]2[C@@H](O[C@@H]3O[C@H](C)[C@@H](O)[C@H](O)[C@H]3O)[C@H](C)O[C@@H](O[C@H]3[C@H](O[C@H]4[C@H](O1)O[C@H](C)[C@@H](O)[C@@H]4O)O[C@H](COC(=O)[C@@H](C)CC)[C@@H](O)[C@@H]3O)[C@@H]2OC(=O)[C@H](C)[C@@H](C)O. The number of ether oxygens (including phenoxy) is 11. The fourth-order valence-electron chi connectivity index (χ4n) is 9.41. The predicted molar refractivity (Wildman–Crippen MR) is 250 cm³/mol. The van der Waals surface area contributed by atoms with Crippen molar-refractivity contribution in [2.75, 3.05) is 6.61 Å². The number of carbonyl (C=O) groups excluding carboxylic acids is 3. The molecule has 5 saturated heterocycles. The van der Waals surface area contributed by atoms with E-state index in [0.717, 1.165) is 51.4 Å². The van der Waals surface area contributed by atoms with Crippen LogP contribution in [-0.2, 0) is 66.5 Å². The second kappa shape index (κ2) is 28.8. The molecule has 5 heterocycles. The van der Waals surface area contributed by atoms with Gasteiger partial charge in [-0.15, -0.1) is 0 Å². The van der Waals surface area contributed by atoms with E-state index in [2.05, 4.69) is 6.92 Å². The Kier molecular flexibility index (Phi) is 24.2. The highest BCUT2D eigenvalue weighted by molar-refractivity contribution is 5.73. The van der Waals surface area contributed by atoms with Crippen molar-refractivity contribution in [3.8, 4) is 0 Å². The average molecular weight is 1040 g/mol. The van der Waals surface area contributed by atoms with Crippen molar-refractivity contribution in [3.05, 3.63) is 0 Å². The van der Waals surface area contributed by atoms with E-state index in [1.807, 2.05) is 0 Å². The highest BCUT2D eigenvalue weighted by Gasteiger charge is 2.58. The molecule has 0 aromatic carbocycles. The molecule has 0 saturated carbocycles.